The van der Waals surface area contributed by atoms with Crippen molar-refractivity contribution < 1.29 is 16.8 Å². The second kappa shape index (κ2) is 9.99. The number of sulfone groups is 1. The van der Waals surface area contributed by atoms with E-state index in [1.807, 2.05) is 17.2 Å². The molecule has 2 fully saturated rings. The van der Waals surface area contributed by atoms with E-state index in [0.29, 0.717) is 48.2 Å². The number of hydrogen-bond donors (Lipinski definition) is 2. The van der Waals surface area contributed by atoms with Crippen LogP contribution in [0.5, 0.6) is 0 Å². The number of rotatable bonds is 9. The minimum atomic E-state index is -3.48. The largest absolute Gasteiger partial charge is 0.340 e. The van der Waals surface area contributed by atoms with Crippen LogP contribution in [0.1, 0.15) is 38.2 Å². The maximum atomic E-state index is 12.5. The first kappa shape index (κ1) is 27.5. The van der Waals surface area contributed by atoms with E-state index >= 15 is 0 Å². The predicted molar refractivity (Wildman–Crippen MR) is 156 cm³/mol. The molecule has 3 N–H and O–H groups in total. The molecule has 2 aliphatic rings. The average molecular weight is 598 g/mol. The predicted octanol–water partition coefficient (Wildman–Crippen LogP) is 2.26. The number of pyridine rings is 2. The number of anilines is 3. The standard InChI is InChI=1S/C26H31N9O4S2/c1-15(2)20-10-30-26(34-12-17(24(34)27)14-40(3,36)37)21-11-29-23(8-19(20)21)32-22-6-7-28-25(33-22)16-9-31-35(13-16)41(38,39)18-4-5-18/h6-11,13,15,17-18,24H,4-5,12,14,27H2,1-3H3,(H,28,29,32,33)/t17-,24+/m1/s1. The minimum Gasteiger partial charge on any atom is -0.340 e. The Morgan fingerprint density at radius 3 is 2.51 bits per heavy atom. The van der Waals surface area contributed by atoms with E-state index in [1.165, 1.54) is 18.6 Å². The van der Waals surface area contributed by atoms with Gasteiger partial charge in [0.1, 0.15) is 27.3 Å². The molecule has 4 aromatic rings. The second-order valence-corrected chi connectivity index (χ2v) is 15.3. The smallest absolute Gasteiger partial charge is 0.256 e. The molecule has 0 bridgehead atoms. The first-order chi connectivity index (χ1) is 19.4. The first-order valence-electron chi connectivity index (χ1n) is 13.3. The van der Waals surface area contributed by atoms with Crippen molar-refractivity contribution in [1.29, 1.82) is 0 Å². The molecule has 0 spiro atoms. The molecule has 6 rings (SSSR count). The Kier molecular flexibility index (Phi) is 6.70. The summed E-state index contributed by atoms with van der Waals surface area (Å²) in [5, 5.41) is 8.64. The Balaban J connectivity index is 1.28. The van der Waals surface area contributed by atoms with Crippen LogP contribution in [0.3, 0.4) is 0 Å². The number of hydrogen-bond acceptors (Lipinski definition) is 12. The van der Waals surface area contributed by atoms with Gasteiger partial charge in [-0.1, -0.05) is 13.8 Å². The van der Waals surface area contributed by atoms with Gasteiger partial charge in [-0.05, 0) is 41.8 Å². The lowest BCUT2D eigenvalue weighted by atomic mass is 9.95. The van der Waals surface area contributed by atoms with Crippen LogP contribution in [0.15, 0.2) is 43.1 Å². The second-order valence-electron chi connectivity index (χ2n) is 11.0. The molecule has 2 atom stereocenters. The quantitative estimate of drug-likeness (QED) is 0.288. The Labute approximate surface area is 238 Å². The van der Waals surface area contributed by atoms with Gasteiger partial charge in [0.2, 0.25) is 0 Å². The summed E-state index contributed by atoms with van der Waals surface area (Å²) < 4.78 is 49.6. The highest BCUT2D eigenvalue weighted by Crippen LogP contribution is 2.37. The molecule has 1 saturated carbocycles. The van der Waals surface area contributed by atoms with Gasteiger partial charge >= 0.3 is 0 Å². The molecule has 0 aromatic carbocycles. The monoisotopic (exact) mass is 597 g/mol. The molecule has 0 unspecified atom stereocenters. The number of fused-ring (bicyclic) bond motifs is 1. The number of nitrogens with zero attached hydrogens (tertiary/aromatic N) is 7. The van der Waals surface area contributed by atoms with Crippen LogP contribution in [-0.4, -0.2) is 75.9 Å². The Morgan fingerprint density at radius 2 is 1.83 bits per heavy atom. The zero-order valence-corrected chi connectivity index (χ0v) is 24.5. The maximum Gasteiger partial charge on any atom is 0.256 e. The fourth-order valence-corrected chi connectivity index (χ4v) is 7.60. The summed E-state index contributed by atoms with van der Waals surface area (Å²) in [4.78, 5) is 20.0. The Hall–Kier alpha value is -3.69. The normalized spacial score (nSPS) is 19.5. The van der Waals surface area contributed by atoms with E-state index < -0.39 is 26.0 Å². The van der Waals surface area contributed by atoms with Crippen LogP contribution in [0, 0.1) is 5.92 Å². The molecule has 13 nitrogen and oxygen atoms in total. The van der Waals surface area contributed by atoms with Gasteiger partial charge in [0.15, 0.2) is 5.82 Å². The lowest BCUT2D eigenvalue weighted by molar-refractivity contribution is 0.325. The lowest BCUT2D eigenvalue weighted by Gasteiger charge is -2.46. The molecule has 1 saturated heterocycles. The van der Waals surface area contributed by atoms with Crippen molar-refractivity contribution in [2.75, 3.05) is 28.8 Å². The molecule has 15 heteroatoms. The molecular formula is C26H31N9O4S2. The van der Waals surface area contributed by atoms with Crippen molar-refractivity contribution >= 4 is 48.1 Å². The molecule has 41 heavy (non-hydrogen) atoms. The first-order valence-corrected chi connectivity index (χ1v) is 16.8. The third-order valence-corrected chi connectivity index (χ3v) is 10.5. The van der Waals surface area contributed by atoms with Gasteiger partial charge in [0.25, 0.3) is 10.0 Å². The van der Waals surface area contributed by atoms with E-state index in [0.717, 1.165) is 20.4 Å². The van der Waals surface area contributed by atoms with Crippen LogP contribution in [0.25, 0.3) is 22.2 Å². The van der Waals surface area contributed by atoms with Gasteiger partial charge in [0, 0.05) is 42.7 Å². The molecule has 1 aliphatic heterocycles. The van der Waals surface area contributed by atoms with Gasteiger partial charge in [-0.2, -0.15) is 9.19 Å². The van der Waals surface area contributed by atoms with Gasteiger partial charge in [-0.25, -0.2) is 36.8 Å². The summed E-state index contributed by atoms with van der Waals surface area (Å²) in [6, 6.07) is 3.63. The van der Waals surface area contributed by atoms with E-state index in [-0.39, 0.29) is 22.8 Å². The average Bonchev–Trinajstić information content (AvgIpc) is 3.66. The summed E-state index contributed by atoms with van der Waals surface area (Å²) in [5.74, 6) is 2.10. The summed E-state index contributed by atoms with van der Waals surface area (Å²) in [7, 11) is -6.62. The Bertz CT molecular complexity index is 1850. The van der Waals surface area contributed by atoms with Gasteiger partial charge in [-0.15, -0.1) is 0 Å². The maximum absolute atomic E-state index is 12.5. The molecule has 1 aliphatic carbocycles. The molecule has 5 heterocycles. The zero-order valence-electron chi connectivity index (χ0n) is 22.8. The highest BCUT2D eigenvalue weighted by atomic mass is 32.2. The number of nitrogens with two attached hydrogens (primary N) is 1. The van der Waals surface area contributed by atoms with E-state index in [4.69, 9.17) is 5.73 Å². The van der Waals surface area contributed by atoms with Gasteiger partial charge in [0.05, 0.1) is 35.1 Å². The highest BCUT2D eigenvalue weighted by molar-refractivity contribution is 7.90. The molecule has 216 valence electrons. The summed E-state index contributed by atoms with van der Waals surface area (Å²) in [6.07, 6.45) is 10.1. The van der Waals surface area contributed by atoms with Crippen LogP contribution in [0.2, 0.25) is 0 Å². The third-order valence-electron chi connectivity index (χ3n) is 7.40. The summed E-state index contributed by atoms with van der Waals surface area (Å²) in [6.45, 7) is 4.67. The zero-order chi connectivity index (χ0) is 29.1. The van der Waals surface area contributed by atoms with Crippen molar-refractivity contribution in [3.63, 3.8) is 0 Å². The van der Waals surface area contributed by atoms with Crippen LogP contribution in [0.4, 0.5) is 17.5 Å². The third kappa shape index (κ3) is 5.36. The van der Waals surface area contributed by atoms with E-state index in [9.17, 15) is 16.8 Å². The summed E-state index contributed by atoms with van der Waals surface area (Å²) in [5.41, 5.74) is 7.89. The van der Waals surface area contributed by atoms with Crippen molar-refractivity contribution in [2.24, 2.45) is 11.7 Å². The summed E-state index contributed by atoms with van der Waals surface area (Å²) >= 11 is 0. The lowest BCUT2D eigenvalue weighted by Crippen LogP contribution is -2.63. The molecule has 4 aromatic heterocycles. The fraction of sp³-hybridized carbons (Fsp3) is 0.423. The van der Waals surface area contributed by atoms with Crippen molar-refractivity contribution in [3.05, 3.63) is 48.7 Å². The SMILES string of the molecule is CC(C)c1cnc(N2C[C@H](CS(C)(=O)=O)[C@H]2N)c2cnc(Nc3ccnc(-c4cnn(S(=O)(=O)C5CC5)c4)n3)cc12. The van der Waals surface area contributed by atoms with E-state index in [2.05, 4.69) is 44.2 Å². The van der Waals surface area contributed by atoms with Crippen LogP contribution in [-0.2, 0) is 19.9 Å². The van der Waals surface area contributed by atoms with Crippen molar-refractivity contribution in [2.45, 2.75) is 44.0 Å². The highest BCUT2D eigenvalue weighted by Gasteiger charge is 2.40. The van der Waals surface area contributed by atoms with Crippen LogP contribution >= 0.6 is 0 Å². The molecule has 0 radical (unpaired) electrons. The molecular weight excluding hydrogens is 566 g/mol. The minimum absolute atomic E-state index is 0.0387. The topological polar surface area (TPSA) is 179 Å². The fourth-order valence-electron chi connectivity index (χ4n) is 5.04. The number of nitrogens with one attached hydrogen (secondary N) is 1. The number of aromatic nitrogens is 6. The van der Waals surface area contributed by atoms with Gasteiger partial charge < -0.3 is 16.0 Å². The van der Waals surface area contributed by atoms with Crippen LogP contribution < -0.4 is 16.0 Å². The molecule has 0 amide bonds. The van der Waals surface area contributed by atoms with Crippen molar-refractivity contribution in [1.82, 2.24) is 29.1 Å². The Morgan fingerprint density at radius 1 is 1.05 bits per heavy atom. The van der Waals surface area contributed by atoms with Gasteiger partial charge in [-0.3, -0.25) is 0 Å². The van der Waals surface area contributed by atoms with E-state index in [1.54, 1.807) is 18.5 Å². The van der Waals surface area contributed by atoms with Crippen molar-refractivity contribution in [3.8, 4) is 11.4 Å².